The van der Waals surface area contributed by atoms with E-state index in [1.807, 2.05) is 29.2 Å². The third kappa shape index (κ3) is 8.70. The molecule has 2 aromatic carbocycles. The number of para-hydroxylation sites is 1. The Morgan fingerprint density at radius 3 is 2.13 bits per heavy atom. The van der Waals surface area contributed by atoms with Gasteiger partial charge in [-0.05, 0) is 93.3 Å². The molecule has 4 aliphatic heterocycles. The van der Waals surface area contributed by atoms with Gasteiger partial charge in [0.1, 0.15) is 5.75 Å². The minimum absolute atomic E-state index is 0.0239. The van der Waals surface area contributed by atoms with Gasteiger partial charge in [-0.3, -0.25) is 9.69 Å². The Hall–Kier alpha value is -2.96. The molecule has 0 spiro atoms. The lowest BCUT2D eigenvalue weighted by Gasteiger charge is -2.43. The Labute approximate surface area is 322 Å². The molecule has 1 atom stereocenters. The van der Waals surface area contributed by atoms with Gasteiger partial charge in [0.15, 0.2) is 6.10 Å². The highest BCUT2D eigenvalue weighted by atomic mass is 79.9. The van der Waals surface area contributed by atoms with E-state index in [-0.39, 0.29) is 36.2 Å². The molecular formula is C35H47Br2N7O7S. The second-order valence-electron chi connectivity index (χ2n) is 14.0. The summed E-state index contributed by atoms with van der Waals surface area (Å²) in [6, 6.07) is 11.3. The number of hydrogen-bond donors (Lipinski definition) is 2. The topological polar surface area (TPSA) is 146 Å². The fraction of sp³-hybridized carbons (Fsp3) is 0.571. The maximum atomic E-state index is 14.1. The molecule has 6 rings (SSSR count). The molecule has 52 heavy (non-hydrogen) atoms. The number of hydrogen-bond acceptors (Lipinski definition) is 8. The summed E-state index contributed by atoms with van der Waals surface area (Å²) in [7, 11) is -0.373. The summed E-state index contributed by atoms with van der Waals surface area (Å²) in [4.78, 5) is 48.4. The summed E-state index contributed by atoms with van der Waals surface area (Å²) in [5.74, 6) is -0.236. The molecule has 0 aromatic heterocycles. The number of aromatic hydroxyl groups is 1. The number of carbonyl (C=O) groups is 3. The molecule has 2 N–H and O–H groups in total. The van der Waals surface area contributed by atoms with Crippen molar-refractivity contribution in [1.82, 2.24) is 28.2 Å². The van der Waals surface area contributed by atoms with E-state index in [0.29, 0.717) is 86.3 Å². The van der Waals surface area contributed by atoms with Gasteiger partial charge in [0.2, 0.25) is 0 Å². The van der Waals surface area contributed by atoms with Crippen LogP contribution in [0.25, 0.3) is 0 Å². The van der Waals surface area contributed by atoms with Gasteiger partial charge in [0.25, 0.3) is 16.1 Å². The van der Waals surface area contributed by atoms with E-state index in [2.05, 4.69) is 42.1 Å². The Morgan fingerprint density at radius 1 is 0.904 bits per heavy atom. The zero-order valence-corrected chi connectivity index (χ0v) is 33.5. The zero-order valence-electron chi connectivity index (χ0n) is 29.5. The van der Waals surface area contributed by atoms with Gasteiger partial charge >= 0.3 is 12.1 Å². The molecule has 0 bridgehead atoms. The second kappa shape index (κ2) is 16.6. The fourth-order valence-electron chi connectivity index (χ4n) is 7.61. The van der Waals surface area contributed by atoms with Crippen molar-refractivity contribution in [2.24, 2.45) is 0 Å². The number of piperazine rings is 1. The van der Waals surface area contributed by atoms with Crippen LogP contribution in [0.5, 0.6) is 5.75 Å². The number of fused-ring (bicyclic) bond motifs is 1. The number of amides is 4. The van der Waals surface area contributed by atoms with E-state index in [1.54, 1.807) is 21.9 Å². The monoisotopic (exact) mass is 867 g/mol. The number of rotatable bonds is 8. The minimum Gasteiger partial charge on any atom is -0.506 e. The average Bonchev–Trinajstić information content (AvgIpc) is 3.31. The highest BCUT2D eigenvalue weighted by molar-refractivity contribution is 9.11. The molecule has 0 saturated carbocycles. The maximum absolute atomic E-state index is 14.1. The normalized spacial score (nSPS) is 20.7. The number of nitrogens with zero attached hydrogens (tertiary/aromatic N) is 6. The number of likely N-dealkylation sites (tertiary alicyclic amines) is 2. The van der Waals surface area contributed by atoms with Crippen LogP contribution in [0.15, 0.2) is 45.3 Å². The van der Waals surface area contributed by atoms with Crippen LogP contribution in [-0.2, 0) is 32.6 Å². The molecule has 4 amide bonds. The molecule has 284 valence electrons. The Kier molecular flexibility index (Phi) is 12.4. The number of phenolic OH excluding ortho intramolecular Hbond substituents is 1. The number of piperidine rings is 2. The van der Waals surface area contributed by atoms with Crippen molar-refractivity contribution in [3.8, 4) is 5.75 Å². The largest absolute Gasteiger partial charge is 0.506 e. The molecule has 4 aliphatic rings. The van der Waals surface area contributed by atoms with Crippen molar-refractivity contribution in [3.05, 3.63) is 56.5 Å². The molecular weight excluding hydrogens is 822 g/mol. The van der Waals surface area contributed by atoms with E-state index in [1.165, 1.54) is 22.7 Å². The summed E-state index contributed by atoms with van der Waals surface area (Å²) >= 11 is 6.74. The predicted molar refractivity (Wildman–Crippen MR) is 203 cm³/mol. The van der Waals surface area contributed by atoms with E-state index in [0.717, 1.165) is 30.5 Å². The molecule has 1 unspecified atom stereocenters. The van der Waals surface area contributed by atoms with E-state index in [9.17, 15) is 27.9 Å². The number of benzene rings is 2. The molecule has 3 fully saturated rings. The van der Waals surface area contributed by atoms with Crippen LogP contribution in [0.3, 0.4) is 0 Å². The SMILES string of the molecule is CN(C)S(=O)(=O)N1CCN(C2CCN(C(=O)C(Cc3cc(Br)c(O)c(Br)c3)OC(=O)N3CCC(N4CCc5ccccc5NC4=O)CC3)CC2)CC1. The summed E-state index contributed by atoms with van der Waals surface area (Å²) in [5, 5.41) is 13.3. The van der Waals surface area contributed by atoms with Crippen molar-refractivity contribution in [1.29, 1.82) is 0 Å². The number of ether oxygens (including phenoxy) is 1. The van der Waals surface area contributed by atoms with Crippen LogP contribution in [-0.4, -0.2) is 151 Å². The van der Waals surface area contributed by atoms with Crippen LogP contribution in [0, 0.1) is 0 Å². The Morgan fingerprint density at radius 2 is 1.50 bits per heavy atom. The van der Waals surface area contributed by atoms with Gasteiger partial charge in [-0.25, -0.2) is 9.59 Å². The smallest absolute Gasteiger partial charge is 0.410 e. The van der Waals surface area contributed by atoms with E-state index < -0.39 is 22.4 Å². The van der Waals surface area contributed by atoms with Gasteiger partial charge in [0, 0.05) is 97.2 Å². The molecule has 3 saturated heterocycles. The van der Waals surface area contributed by atoms with Crippen LogP contribution in [0.1, 0.15) is 36.8 Å². The van der Waals surface area contributed by atoms with Crippen molar-refractivity contribution in [2.75, 3.05) is 78.3 Å². The third-order valence-corrected chi connectivity index (χ3v) is 13.8. The molecule has 0 aliphatic carbocycles. The first-order valence-electron chi connectivity index (χ1n) is 17.8. The van der Waals surface area contributed by atoms with Gasteiger partial charge in [-0.1, -0.05) is 18.2 Å². The van der Waals surface area contributed by atoms with Crippen LogP contribution >= 0.6 is 31.9 Å². The van der Waals surface area contributed by atoms with Crippen LogP contribution in [0.4, 0.5) is 15.3 Å². The first kappa shape index (κ1) is 38.8. The average molecular weight is 870 g/mol. The molecule has 2 aromatic rings. The molecule has 4 heterocycles. The fourth-order valence-corrected chi connectivity index (χ4v) is 9.98. The lowest BCUT2D eigenvalue weighted by molar-refractivity contribution is -0.142. The summed E-state index contributed by atoms with van der Waals surface area (Å²) < 4.78 is 34.8. The number of phenols is 1. The van der Waals surface area contributed by atoms with Crippen LogP contribution in [0.2, 0.25) is 0 Å². The highest BCUT2D eigenvalue weighted by Gasteiger charge is 2.37. The minimum atomic E-state index is -3.45. The Bertz CT molecular complexity index is 1720. The van der Waals surface area contributed by atoms with Gasteiger partial charge in [0.05, 0.1) is 8.95 Å². The summed E-state index contributed by atoms with van der Waals surface area (Å²) in [5.41, 5.74) is 2.64. The summed E-state index contributed by atoms with van der Waals surface area (Å²) in [6.07, 6.45) is 1.87. The second-order valence-corrected chi connectivity index (χ2v) is 17.9. The van der Waals surface area contributed by atoms with Crippen molar-refractivity contribution < 1.29 is 32.6 Å². The molecule has 17 heteroatoms. The van der Waals surface area contributed by atoms with Gasteiger partial charge in [-0.2, -0.15) is 17.0 Å². The standard InChI is InChI=1S/C35H47Br2N7O7S/c1-39(2)52(49,50)43-19-17-40(18-20-43)26-8-12-41(13-9-26)33(46)31(23-24-21-28(36)32(45)29(37)22-24)51-35(48)42-14-10-27(11-15-42)44-16-7-25-5-3-4-6-30(25)38-34(44)47/h3-6,21-22,26-27,31,45H,7-20,23H2,1-2H3,(H,38,47). The van der Waals surface area contributed by atoms with Crippen LogP contribution < -0.4 is 5.32 Å². The number of urea groups is 1. The van der Waals surface area contributed by atoms with Crippen molar-refractivity contribution in [2.45, 2.75) is 56.7 Å². The lowest BCUT2D eigenvalue weighted by Crippen LogP contribution is -2.57. The maximum Gasteiger partial charge on any atom is 0.410 e. The quantitative estimate of drug-likeness (QED) is 0.406. The number of carbonyl (C=O) groups excluding carboxylic acids is 3. The van der Waals surface area contributed by atoms with Crippen molar-refractivity contribution >= 4 is 65.8 Å². The molecule has 14 nitrogen and oxygen atoms in total. The first-order valence-corrected chi connectivity index (χ1v) is 20.8. The van der Waals surface area contributed by atoms with E-state index in [4.69, 9.17) is 4.74 Å². The van der Waals surface area contributed by atoms with E-state index >= 15 is 0 Å². The number of halogens is 2. The molecule has 0 radical (unpaired) electrons. The number of anilines is 1. The van der Waals surface area contributed by atoms with Gasteiger partial charge in [-0.15, -0.1) is 0 Å². The van der Waals surface area contributed by atoms with Gasteiger partial charge < -0.3 is 29.9 Å². The zero-order chi connectivity index (χ0) is 37.2. The highest BCUT2D eigenvalue weighted by Crippen LogP contribution is 2.34. The predicted octanol–water partition coefficient (Wildman–Crippen LogP) is 3.93. The number of nitrogens with one attached hydrogen (secondary N) is 1. The Balaban J connectivity index is 1.06. The first-order chi connectivity index (χ1) is 24.8. The summed E-state index contributed by atoms with van der Waals surface area (Å²) in [6.45, 7) is 4.47. The third-order valence-electron chi connectivity index (χ3n) is 10.7. The van der Waals surface area contributed by atoms with Crippen molar-refractivity contribution in [3.63, 3.8) is 0 Å². The lowest BCUT2D eigenvalue weighted by atomic mass is 10.0.